The molecule has 2 unspecified atom stereocenters. The fraction of sp³-hybridized carbons (Fsp3) is 0.538. The van der Waals surface area contributed by atoms with Crippen LogP contribution in [0.3, 0.4) is 0 Å². The monoisotopic (exact) mass is 246 g/mol. The lowest BCUT2D eigenvalue weighted by molar-refractivity contribution is 0.328. The molecule has 1 aliphatic heterocycles. The fourth-order valence-electron chi connectivity index (χ4n) is 2.53. The van der Waals surface area contributed by atoms with Gasteiger partial charge >= 0.3 is 0 Å². The van der Waals surface area contributed by atoms with E-state index in [-0.39, 0.29) is 0 Å². The molecule has 5 heteroatoms. The molecule has 2 aromatic heterocycles. The minimum Gasteiger partial charge on any atom is -0.478 e. The third-order valence-corrected chi connectivity index (χ3v) is 3.51. The molecule has 96 valence electrons. The number of pyridine rings is 1. The van der Waals surface area contributed by atoms with E-state index in [1.54, 1.807) is 0 Å². The van der Waals surface area contributed by atoms with Gasteiger partial charge in [-0.15, -0.1) is 0 Å². The summed E-state index contributed by atoms with van der Waals surface area (Å²) < 4.78 is 5.39. The Hall–Kier alpha value is -1.62. The lowest BCUT2D eigenvalue weighted by Gasteiger charge is -2.11. The van der Waals surface area contributed by atoms with Gasteiger partial charge in [-0.25, -0.2) is 4.98 Å². The van der Waals surface area contributed by atoms with E-state index in [0.29, 0.717) is 24.4 Å². The number of rotatable bonds is 3. The van der Waals surface area contributed by atoms with E-state index in [0.717, 1.165) is 30.0 Å². The van der Waals surface area contributed by atoms with Crippen LogP contribution in [0.1, 0.15) is 32.0 Å². The van der Waals surface area contributed by atoms with Crippen molar-refractivity contribution in [1.82, 2.24) is 20.3 Å². The number of hydrogen-bond donors (Lipinski definition) is 2. The maximum Gasteiger partial charge on any atom is 0.215 e. The minimum atomic E-state index is 0.453. The van der Waals surface area contributed by atoms with Crippen LogP contribution in [-0.4, -0.2) is 34.1 Å². The minimum absolute atomic E-state index is 0.453. The van der Waals surface area contributed by atoms with Crippen molar-refractivity contribution in [2.75, 3.05) is 13.2 Å². The van der Waals surface area contributed by atoms with Crippen LogP contribution >= 0.6 is 0 Å². The van der Waals surface area contributed by atoms with Crippen LogP contribution in [0.2, 0.25) is 0 Å². The number of aromatic amines is 1. The van der Waals surface area contributed by atoms with E-state index in [1.807, 2.05) is 19.1 Å². The molecule has 0 spiro atoms. The van der Waals surface area contributed by atoms with Crippen LogP contribution in [0.4, 0.5) is 0 Å². The van der Waals surface area contributed by atoms with Gasteiger partial charge in [0.1, 0.15) is 5.82 Å². The largest absolute Gasteiger partial charge is 0.478 e. The zero-order valence-electron chi connectivity index (χ0n) is 10.7. The van der Waals surface area contributed by atoms with Crippen molar-refractivity contribution < 1.29 is 4.74 Å². The highest BCUT2D eigenvalue weighted by molar-refractivity contribution is 5.71. The summed E-state index contributed by atoms with van der Waals surface area (Å²) in [6.07, 6.45) is 1.12. The summed E-state index contributed by atoms with van der Waals surface area (Å²) in [7, 11) is 0. The molecule has 5 nitrogen and oxygen atoms in total. The predicted molar refractivity (Wildman–Crippen MR) is 69.9 cm³/mol. The molecule has 0 aromatic carbocycles. The Bertz CT molecular complexity index is 551. The zero-order chi connectivity index (χ0) is 12.5. The van der Waals surface area contributed by atoms with Gasteiger partial charge in [-0.2, -0.15) is 4.98 Å². The van der Waals surface area contributed by atoms with Crippen LogP contribution in [-0.2, 0) is 0 Å². The summed E-state index contributed by atoms with van der Waals surface area (Å²) >= 11 is 0. The van der Waals surface area contributed by atoms with E-state index in [9.17, 15) is 0 Å². The van der Waals surface area contributed by atoms with Gasteiger partial charge < -0.3 is 15.0 Å². The van der Waals surface area contributed by atoms with Crippen LogP contribution in [0, 0.1) is 0 Å². The topological polar surface area (TPSA) is 62.8 Å². The summed E-state index contributed by atoms with van der Waals surface area (Å²) in [4.78, 5) is 12.4. The smallest absolute Gasteiger partial charge is 0.215 e. The maximum atomic E-state index is 5.39. The number of nitrogens with zero attached hydrogens (tertiary/aromatic N) is 2. The molecule has 3 rings (SSSR count). The van der Waals surface area contributed by atoms with Crippen molar-refractivity contribution in [2.24, 2.45) is 0 Å². The van der Waals surface area contributed by atoms with Crippen molar-refractivity contribution in [3.05, 3.63) is 18.0 Å². The zero-order valence-corrected chi connectivity index (χ0v) is 10.7. The van der Waals surface area contributed by atoms with Crippen LogP contribution < -0.4 is 10.1 Å². The van der Waals surface area contributed by atoms with E-state index >= 15 is 0 Å². The van der Waals surface area contributed by atoms with Crippen molar-refractivity contribution >= 4 is 11.2 Å². The molecule has 3 heterocycles. The molecular formula is C13H18N4O. The lowest BCUT2D eigenvalue weighted by Crippen LogP contribution is -2.22. The number of imidazole rings is 1. The number of H-pyrrole nitrogens is 1. The molecule has 18 heavy (non-hydrogen) atoms. The highest BCUT2D eigenvalue weighted by Crippen LogP contribution is 2.27. The second-order valence-electron chi connectivity index (χ2n) is 4.71. The maximum absolute atomic E-state index is 5.39. The first-order valence-corrected chi connectivity index (χ1v) is 6.50. The normalized spacial score (nSPS) is 23.7. The molecule has 1 saturated heterocycles. The van der Waals surface area contributed by atoms with Crippen molar-refractivity contribution in [2.45, 2.75) is 32.2 Å². The second kappa shape index (κ2) is 4.57. The molecule has 2 aromatic rings. The molecule has 2 atom stereocenters. The van der Waals surface area contributed by atoms with Gasteiger partial charge in [0.2, 0.25) is 5.88 Å². The lowest BCUT2D eigenvalue weighted by atomic mass is 10.0. The first-order valence-electron chi connectivity index (χ1n) is 6.50. The first-order chi connectivity index (χ1) is 8.78. The molecule has 0 radical (unpaired) electrons. The highest BCUT2D eigenvalue weighted by atomic mass is 16.5. The third-order valence-electron chi connectivity index (χ3n) is 3.51. The van der Waals surface area contributed by atoms with Gasteiger partial charge in [0, 0.05) is 18.0 Å². The van der Waals surface area contributed by atoms with Crippen molar-refractivity contribution in [3.8, 4) is 5.88 Å². The van der Waals surface area contributed by atoms with E-state index in [4.69, 9.17) is 4.74 Å². The summed E-state index contributed by atoms with van der Waals surface area (Å²) in [6, 6.07) is 4.33. The van der Waals surface area contributed by atoms with Gasteiger partial charge in [-0.05, 0) is 32.9 Å². The molecule has 0 saturated carbocycles. The average molecular weight is 246 g/mol. The Morgan fingerprint density at radius 3 is 3.00 bits per heavy atom. The number of nitrogens with one attached hydrogen (secondary N) is 2. The summed E-state index contributed by atoms with van der Waals surface area (Å²) in [6.45, 7) is 5.83. The Balaban J connectivity index is 1.95. The molecular weight excluding hydrogens is 228 g/mol. The van der Waals surface area contributed by atoms with Gasteiger partial charge in [0.05, 0.1) is 12.1 Å². The Morgan fingerprint density at radius 1 is 1.39 bits per heavy atom. The average Bonchev–Trinajstić information content (AvgIpc) is 2.94. The van der Waals surface area contributed by atoms with E-state index < -0.39 is 0 Å². The number of fused-ring (bicyclic) bond motifs is 1. The van der Waals surface area contributed by atoms with Crippen LogP contribution in [0.15, 0.2) is 12.1 Å². The summed E-state index contributed by atoms with van der Waals surface area (Å²) in [5.74, 6) is 2.12. The van der Waals surface area contributed by atoms with Crippen LogP contribution in [0.25, 0.3) is 11.2 Å². The van der Waals surface area contributed by atoms with E-state index in [2.05, 4.69) is 27.2 Å². The van der Waals surface area contributed by atoms with Gasteiger partial charge in [-0.1, -0.05) is 0 Å². The standard InChI is InChI=1S/C13H18N4O/c1-3-18-11-5-4-10-13(16-11)17-12(15-10)9-6-7-14-8(9)2/h4-5,8-9,14H,3,6-7H2,1-2H3,(H,15,16,17). The number of hydrogen-bond acceptors (Lipinski definition) is 4. The molecule has 1 fully saturated rings. The first kappa shape index (κ1) is 11.5. The molecule has 1 aliphatic rings. The van der Waals surface area contributed by atoms with Gasteiger partial charge in [-0.3, -0.25) is 0 Å². The third kappa shape index (κ3) is 1.95. The number of ether oxygens (including phenoxy) is 1. The second-order valence-corrected chi connectivity index (χ2v) is 4.71. The van der Waals surface area contributed by atoms with Crippen molar-refractivity contribution in [3.63, 3.8) is 0 Å². The van der Waals surface area contributed by atoms with Gasteiger partial charge in [0.15, 0.2) is 5.65 Å². The summed E-state index contributed by atoms with van der Waals surface area (Å²) in [5, 5.41) is 3.44. The van der Waals surface area contributed by atoms with E-state index in [1.165, 1.54) is 0 Å². The quantitative estimate of drug-likeness (QED) is 0.867. The molecule has 0 amide bonds. The predicted octanol–water partition coefficient (Wildman–Crippen LogP) is 1.82. The van der Waals surface area contributed by atoms with Crippen LogP contribution in [0.5, 0.6) is 5.88 Å². The highest BCUT2D eigenvalue weighted by Gasteiger charge is 2.27. The molecule has 0 aliphatic carbocycles. The molecule has 2 N–H and O–H groups in total. The molecule has 0 bridgehead atoms. The Morgan fingerprint density at radius 2 is 2.28 bits per heavy atom. The Kier molecular flexibility index (Phi) is 2.91. The number of aromatic nitrogens is 3. The fourth-order valence-corrected chi connectivity index (χ4v) is 2.53. The van der Waals surface area contributed by atoms with Crippen molar-refractivity contribution in [1.29, 1.82) is 0 Å². The van der Waals surface area contributed by atoms with Gasteiger partial charge in [0.25, 0.3) is 0 Å². The Labute approximate surface area is 106 Å². The summed E-state index contributed by atoms with van der Waals surface area (Å²) in [5.41, 5.74) is 1.72. The SMILES string of the molecule is CCOc1ccc2[nH]c(C3CCNC3C)nc2n1.